The summed E-state index contributed by atoms with van der Waals surface area (Å²) in [5, 5.41) is 5.12. The van der Waals surface area contributed by atoms with Crippen LogP contribution in [-0.2, 0) is 4.43 Å². The lowest BCUT2D eigenvalue weighted by Crippen LogP contribution is -2.67. The van der Waals surface area contributed by atoms with Gasteiger partial charge < -0.3 is 9.74 Å². The Morgan fingerprint density at radius 3 is 1.72 bits per heavy atom. The van der Waals surface area contributed by atoms with E-state index in [4.69, 9.17) is 4.43 Å². The van der Waals surface area contributed by atoms with E-state index in [0.717, 1.165) is 0 Å². The van der Waals surface area contributed by atoms with Gasteiger partial charge in [-0.3, -0.25) is 14.4 Å². The van der Waals surface area contributed by atoms with Gasteiger partial charge in [-0.05, 0) is 33.6 Å². The average Bonchev–Trinajstić information content (AvgIpc) is 2.96. The summed E-state index contributed by atoms with van der Waals surface area (Å²) in [7, 11) is -2.70. The lowest BCUT2D eigenvalue weighted by Gasteiger charge is -2.43. The van der Waals surface area contributed by atoms with Crippen molar-refractivity contribution in [2.24, 2.45) is 0 Å². The molecule has 0 fully saturated rings. The lowest BCUT2D eigenvalue weighted by molar-refractivity contribution is 0.0944. The summed E-state index contributed by atoms with van der Waals surface area (Å²) in [6.45, 7) is 7.26. The predicted molar refractivity (Wildman–Crippen MR) is 156 cm³/mol. The molecule has 5 nitrogen and oxygen atoms in total. The summed E-state index contributed by atoms with van der Waals surface area (Å²) >= 11 is 0. The van der Waals surface area contributed by atoms with Crippen LogP contribution in [0.1, 0.15) is 63.0 Å². The van der Waals surface area contributed by atoms with Gasteiger partial charge in [-0.15, -0.1) is 0 Å². The Morgan fingerprint density at radius 1 is 0.692 bits per heavy atom. The fourth-order valence-electron chi connectivity index (χ4n) is 5.47. The number of rotatable bonds is 7. The Balaban J connectivity index is 1.34. The van der Waals surface area contributed by atoms with E-state index >= 15 is 0 Å². The standard InChI is InChI=1S/C33H31NO4Si/c1-33(2,3)39(24-12-6-4-7-13-24,25-14-8-5-9-15-25)38-21-20-34-32(37)23-18-19-28-29(22-23)31(36)27-17-11-10-16-26(27)30(28)35/h4-19,22H,20-21H2,1-3H3,(H,34,37). The van der Waals surface area contributed by atoms with Gasteiger partial charge >= 0.3 is 0 Å². The summed E-state index contributed by atoms with van der Waals surface area (Å²) in [5.74, 6) is -0.765. The molecule has 196 valence electrons. The third-order valence-electron chi connectivity index (χ3n) is 7.31. The molecule has 4 aromatic carbocycles. The molecular weight excluding hydrogens is 502 g/mol. The van der Waals surface area contributed by atoms with Gasteiger partial charge in [-0.25, -0.2) is 0 Å². The van der Waals surface area contributed by atoms with E-state index < -0.39 is 8.32 Å². The van der Waals surface area contributed by atoms with E-state index in [1.165, 1.54) is 16.4 Å². The van der Waals surface area contributed by atoms with Gasteiger partial charge in [0.05, 0.1) is 6.61 Å². The number of benzene rings is 4. The van der Waals surface area contributed by atoms with E-state index in [0.29, 0.717) is 35.4 Å². The normalized spacial score (nSPS) is 13.0. The van der Waals surface area contributed by atoms with E-state index in [2.05, 4.69) is 50.4 Å². The molecule has 5 rings (SSSR count). The fourth-order valence-corrected chi connectivity index (χ4v) is 10.0. The fraction of sp³-hybridized carbons (Fsp3) is 0.182. The molecule has 39 heavy (non-hydrogen) atoms. The van der Waals surface area contributed by atoms with Crippen LogP contribution in [0.15, 0.2) is 103 Å². The molecule has 6 heteroatoms. The first-order chi connectivity index (χ1) is 18.7. The van der Waals surface area contributed by atoms with Crippen LogP contribution in [0, 0.1) is 0 Å². The molecule has 1 N–H and O–H groups in total. The number of ketones is 2. The third-order valence-corrected chi connectivity index (χ3v) is 12.4. The second kappa shape index (κ2) is 10.6. The SMILES string of the molecule is CC(C)(C)[Si](OCCNC(=O)c1ccc2c(c1)C(=O)c1ccccc1C2=O)(c1ccccc1)c1ccccc1. The largest absolute Gasteiger partial charge is 0.406 e. The Hall–Kier alpha value is -4.13. The first kappa shape index (κ1) is 26.5. The molecular formula is C33H31NO4Si. The maximum Gasteiger partial charge on any atom is 0.261 e. The van der Waals surface area contributed by atoms with Crippen molar-refractivity contribution in [2.45, 2.75) is 25.8 Å². The van der Waals surface area contributed by atoms with Crippen LogP contribution >= 0.6 is 0 Å². The minimum absolute atomic E-state index is 0.165. The number of amides is 1. The Kier molecular flexibility index (Phi) is 7.17. The zero-order valence-electron chi connectivity index (χ0n) is 22.4. The number of hydrogen-bond donors (Lipinski definition) is 1. The van der Waals surface area contributed by atoms with Crippen LogP contribution < -0.4 is 15.7 Å². The van der Waals surface area contributed by atoms with Crippen molar-refractivity contribution < 1.29 is 18.8 Å². The van der Waals surface area contributed by atoms with Crippen molar-refractivity contribution in [2.75, 3.05) is 13.2 Å². The summed E-state index contributed by atoms with van der Waals surface area (Å²) in [6, 6.07) is 32.2. The van der Waals surface area contributed by atoms with Gasteiger partial charge in [-0.2, -0.15) is 0 Å². The number of carbonyl (C=O) groups is 3. The highest BCUT2D eigenvalue weighted by Gasteiger charge is 2.50. The van der Waals surface area contributed by atoms with Crippen molar-refractivity contribution in [1.82, 2.24) is 5.32 Å². The Bertz CT molecular complexity index is 1500. The first-order valence-corrected chi connectivity index (χ1v) is 15.0. The van der Waals surface area contributed by atoms with Crippen LogP contribution in [0.4, 0.5) is 0 Å². The second-order valence-electron chi connectivity index (χ2n) is 10.7. The van der Waals surface area contributed by atoms with E-state index in [1.54, 1.807) is 36.4 Å². The van der Waals surface area contributed by atoms with Crippen molar-refractivity contribution in [3.8, 4) is 0 Å². The summed E-state index contributed by atoms with van der Waals surface area (Å²) in [5.41, 5.74) is 1.68. The molecule has 0 aromatic heterocycles. The molecule has 0 spiro atoms. The van der Waals surface area contributed by atoms with E-state index in [9.17, 15) is 14.4 Å². The number of nitrogens with one attached hydrogen (secondary N) is 1. The summed E-state index contributed by atoms with van der Waals surface area (Å²) in [6.07, 6.45) is 0. The monoisotopic (exact) mass is 533 g/mol. The minimum Gasteiger partial charge on any atom is -0.406 e. The van der Waals surface area contributed by atoms with Crippen molar-refractivity contribution >= 4 is 36.2 Å². The molecule has 0 unspecified atom stereocenters. The molecule has 1 aliphatic carbocycles. The molecule has 1 aliphatic rings. The van der Waals surface area contributed by atoms with Crippen LogP contribution in [0.5, 0.6) is 0 Å². The quantitative estimate of drug-likeness (QED) is 0.242. The first-order valence-electron chi connectivity index (χ1n) is 13.1. The molecule has 0 atom stereocenters. The maximum absolute atomic E-state index is 13.1. The van der Waals surface area contributed by atoms with Crippen molar-refractivity contribution in [1.29, 1.82) is 0 Å². The van der Waals surface area contributed by atoms with Gasteiger partial charge in [0.1, 0.15) is 0 Å². The van der Waals surface area contributed by atoms with Gasteiger partial charge in [0.2, 0.25) is 0 Å². The van der Waals surface area contributed by atoms with Crippen molar-refractivity contribution in [3.63, 3.8) is 0 Å². The highest BCUT2D eigenvalue weighted by atomic mass is 28.4. The smallest absolute Gasteiger partial charge is 0.261 e. The Morgan fingerprint density at radius 2 is 1.18 bits per heavy atom. The molecule has 0 bridgehead atoms. The predicted octanol–water partition coefficient (Wildman–Crippen LogP) is 4.77. The molecule has 1 amide bonds. The van der Waals surface area contributed by atoms with E-state index in [-0.39, 0.29) is 28.1 Å². The molecule has 0 radical (unpaired) electrons. The number of carbonyl (C=O) groups excluding carboxylic acids is 3. The molecule has 0 saturated carbocycles. The van der Waals surface area contributed by atoms with Gasteiger partial charge in [0.25, 0.3) is 14.2 Å². The maximum atomic E-state index is 13.1. The average molecular weight is 534 g/mol. The third kappa shape index (κ3) is 4.78. The van der Waals surface area contributed by atoms with Crippen LogP contribution in [-0.4, -0.2) is 38.9 Å². The number of fused-ring (bicyclic) bond motifs is 2. The van der Waals surface area contributed by atoms with Crippen LogP contribution in [0.3, 0.4) is 0 Å². The highest BCUT2D eigenvalue weighted by molar-refractivity contribution is 6.99. The second-order valence-corrected chi connectivity index (χ2v) is 15.0. The van der Waals surface area contributed by atoms with Gasteiger partial charge in [-0.1, -0.05) is 106 Å². The molecule has 4 aromatic rings. The topological polar surface area (TPSA) is 72.5 Å². The number of hydrogen-bond acceptors (Lipinski definition) is 4. The van der Waals surface area contributed by atoms with Crippen LogP contribution in [0.2, 0.25) is 5.04 Å². The lowest BCUT2D eigenvalue weighted by atomic mass is 9.83. The molecule has 0 aliphatic heterocycles. The zero-order chi connectivity index (χ0) is 27.6. The van der Waals surface area contributed by atoms with Crippen LogP contribution in [0.25, 0.3) is 0 Å². The van der Waals surface area contributed by atoms with Gasteiger partial charge in [0.15, 0.2) is 11.6 Å². The molecule has 0 saturated heterocycles. The highest BCUT2D eigenvalue weighted by Crippen LogP contribution is 2.36. The van der Waals surface area contributed by atoms with Crippen molar-refractivity contribution in [3.05, 3.63) is 131 Å². The van der Waals surface area contributed by atoms with E-state index in [1.807, 2.05) is 36.4 Å². The summed E-state index contributed by atoms with van der Waals surface area (Å²) in [4.78, 5) is 39.0. The van der Waals surface area contributed by atoms with Gasteiger partial charge in [0, 0.05) is 34.4 Å². The zero-order valence-corrected chi connectivity index (χ0v) is 23.4. The molecule has 0 heterocycles. The minimum atomic E-state index is -2.70. The Labute approximate surface area is 230 Å². The summed E-state index contributed by atoms with van der Waals surface area (Å²) < 4.78 is 6.84.